The van der Waals surface area contributed by atoms with Crippen LogP contribution >= 0.6 is 11.8 Å². The van der Waals surface area contributed by atoms with Crippen LogP contribution in [0.1, 0.15) is 19.2 Å². The molecule has 0 fully saturated rings. The molecule has 0 spiro atoms. The number of nitrogens with two attached hydrogens (primary N) is 1. The lowest BCUT2D eigenvalue weighted by Crippen LogP contribution is -2.16. The Morgan fingerprint density at radius 1 is 1.35 bits per heavy atom. The molecule has 17 heavy (non-hydrogen) atoms. The molecule has 98 valence electrons. The highest BCUT2D eigenvalue weighted by molar-refractivity contribution is 7.99. The van der Waals surface area contributed by atoms with Crippen LogP contribution in [-0.2, 0) is 22.6 Å². The van der Waals surface area contributed by atoms with E-state index in [2.05, 4.69) is 17.1 Å². The fraction of sp³-hybridized carbons (Fsp3) is 0.800. The third kappa shape index (κ3) is 3.95. The van der Waals surface area contributed by atoms with Gasteiger partial charge in [-0.15, -0.1) is 10.2 Å². The maximum atomic E-state index is 5.62. The van der Waals surface area contributed by atoms with E-state index in [0.29, 0.717) is 12.3 Å². The summed E-state index contributed by atoms with van der Waals surface area (Å²) in [4.78, 5) is 0. The Morgan fingerprint density at radius 2 is 2.06 bits per heavy atom. The van der Waals surface area contributed by atoms with Gasteiger partial charge in [-0.3, -0.25) is 0 Å². The van der Waals surface area contributed by atoms with Gasteiger partial charge >= 0.3 is 0 Å². The molecule has 7 heteroatoms. The molecule has 0 saturated carbocycles. The number of nitrogens with zero attached hydrogens (tertiary/aromatic N) is 3. The van der Waals surface area contributed by atoms with E-state index in [1.807, 2.05) is 4.57 Å². The lowest BCUT2D eigenvalue weighted by Gasteiger charge is -2.13. The summed E-state index contributed by atoms with van der Waals surface area (Å²) in [5.41, 5.74) is 5.62. The van der Waals surface area contributed by atoms with Crippen molar-refractivity contribution in [2.45, 2.75) is 37.9 Å². The first-order chi connectivity index (χ1) is 8.26. The van der Waals surface area contributed by atoms with Gasteiger partial charge in [0.25, 0.3) is 0 Å². The molecule has 0 radical (unpaired) electrons. The summed E-state index contributed by atoms with van der Waals surface area (Å²) in [6.07, 6.45) is 0.796. The number of methoxy groups -OCH3 is 2. The topological polar surface area (TPSA) is 75.2 Å². The third-order valence-electron chi connectivity index (χ3n) is 2.30. The van der Waals surface area contributed by atoms with Crippen molar-refractivity contribution in [2.24, 2.45) is 5.73 Å². The molecule has 0 saturated heterocycles. The summed E-state index contributed by atoms with van der Waals surface area (Å²) in [5.74, 6) is 1.50. The van der Waals surface area contributed by atoms with E-state index in [1.54, 1.807) is 26.0 Å². The molecule has 0 amide bonds. The minimum Gasteiger partial charge on any atom is -0.355 e. The summed E-state index contributed by atoms with van der Waals surface area (Å²) in [6, 6.07) is 0. The summed E-state index contributed by atoms with van der Waals surface area (Å²) < 4.78 is 12.3. The second-order valence-electron chi connectivity index (χ2n) is 3.47. The van der Waals surface area contributed by atoms with Gasteiger partial charge in [0, 0.05) is 20.8 Å². The lowest BCUT2D eigenvalue weighted by atomic mass is 10.4. The number of ether oxygens (including phenoxy) is 2. The van der Waals surface area contributed by atoms with Crippen LogP contribution < -0.4 is 5.73 Å². The van der Waals surface area contributed by atoms with E-state index in [1.165, 1.54) is 0 Å². The predicted octanol–water partition coefficient (Wildman–Crippen LogP) is 0.858. The molecule has 0 aliphatic rings. The Kier molecular flexibility index (Phi) is 6.49. The second kappa shape index (κ2) is 7.65. The first kappa shape index (κ1) is 14.4. The number of rotatable bonds is 8. The van der Waals surface area contributed by atoms with Crippen LogP contribution in [0, 0.1) is 0 Å². The lowest BCUT2D eigenvalue weighted by molar-refractivity contribution is -0.0842. The SMILES string of the molecule is CCCn1c(CN)nnc1SCC(OC)OC. The molecular weight excluding hydrogens is 240 g/mol. The molecule has 1 rings (SSSR count). The van der Waals surface area contributed by atoms with E-state index in [-0.39, 0.29) is 6.29 Å². The summed E-state index contributed by atoms with van der Waals surface area (Å²) >= 11 is 1.56. The molecule has 1 aromatic rings. The molecule has 0 aliphatic heterocycles. The van der Waals surface area contributed by atoms with Crippen molar-refractivity contribution < 1.29 is 9.47 Å². The van der Waals surface area contributed by atoms with Gasteiger partial charge in [-0.25, -0.2) is 0 Å². The van der Waals surface area contributed by atoms with Crippen LogP contribution in [0.2, 0.25) is 0 Å². The van der Waals surface area contributed by atoms with Crippen molar-refractivity contribution in [1.29, 1.82) is 0 Å². The third-order valence-corrected chi connectivity index (χ3v) is 3.30. The fourth-order valence-electron chi connectivity index (χ4n) is 1.40. The quantitative estimate of drug-likeness (QED) is 0.552. The molecule has 6 nitrogen and oxygen atoms in total. The number of hydrogen-bond donors (Lipinski definition) is 1. The zero-order chi connectivity index (χ0) is 12.7. The first-order valence-electron chi connectivity index (χ1n) is 5.57. The highest BCUT2D eigenvalue weighted by Crippen LogP contribution is 2.19. The fourth-order valence-corrected chi connectivity index (χ4v) is 2.41. The molecule has 0 atom stereocenters. The largest absolute Gasteiger partial charge is 0.355 e. The molecule has 0 bridgehead atoms. The smallest absolute Gasteiger partial charge is 0.191 e. The van der Waals surface area contributed by atoms with Crippen molar-refractivity contribution in [3.8, 4) is 0 Å². The minimum absolute atomic E-state index is 0.229. The minimum atomic E-state index is -0.229. The molecule has 0 aliphatic carbocycles. The molecule has 2 N–H and O–H groups in total. The van der Waals surface area contributed by atoms with E-state index in [9.17, 15) is 0 Å². The Hall–Kier alpha value is -0.630. The zero-order valence-electron chi connectivity index (χ0n) is 10.5. The summed E-state index contributed by atoms with van der Waals surface area (Å²) in [6.45, 7) is 3.40. The monoisotopic (exact) mass is 260 g/mol. The van der Waals surface area contributed by atoms with Gasteiger partial charge in [0.05, 0.1) is 12.3 Å². The average Bonchev–Trinajstić information content (AvgIpc) is 2.74. The molecular formula is C10H20N4O2S. The normalized spacial score (nSPS) is 11.4. The van der Waals surface area contributed by atoms with Gasteiger partial charge < -0.3 is 19.8 Å². The Morgan fingerprint density at radius 3 is 2.59 bits per heavy atom. The average molecular weight is 260 g/mol. The zero-order valence-corrected chi connectivity index (χ0v) is 11.4. The maximum absolute atomic E-state index is 5.62. The van der Waals surface area contributed by atoms with Crippen LogP contribution in [0.15, 0.2) is 5.16 Å². The highest BCUT2D eigenvalue weighted by atomic mass is 32.2. The van der Waals surface area contributed by atoms with Crippen molar-refractivity contribution in [3.05, 3.63) is 5.82 Å². The molecule has 0 unspecified atom stereocenters. The van der Waals surface area contributed by atoms with Gasteiger partial charge in [0.15, 0.2) is 11.4 Å². The molecule has 0 aromatic carbocycles. The van der Waals surface area contributed by atoms with Gasteiger partial charge in [-0.1, -0.05) is 18.7 Å². The first-order valence-corrected chi connectivity index (χ1v) is 6.55. The van der Waals surface area contributed by atoms with Gasteiger partial charge in [-0.05, 0) is 6.42 Å². The maximum Gasteiger partial charge on any atom is 0.191 e. The predicted molar refractivity (Wildman–Crippen MR) is 66.7 cm³/mol. The van der Waals surface area contributed by atoms with Crippen LogP contribution in [0.25, 0.3) is 0 Å². The van der Waals surface area contributed by atoms with Gasteiger partial charge in [-0.2, -0.15) is 0 Å². The Labute approximate surface area is 106 Å². The van der Waals surface area contributed by atoms with Crippen molar-refractivity contribution >= 4 is 11.8 Å². The van der Waals surface area contributed by atoms with E-state index in [4.69, 9.17) is 15.2 Å². The number of thioether (sulfide) groups is 1. The number of hydrogen-bond acceptors (Lipinski definition) is 6. The van der Waals surface area contributed by atoms with Crippen LogP contribution in [0.4, 0.5) is 0 Å². The van der Waals surface area contributed by atoms with Crippen molar-refractivity contribution in [2.75, 3.05) is 20.0 Å². The Bertz CT molecular complexity index is 328. The summed E-state index contributed by atoms with van der Waals surface area (Å²) in [7, 11) is 3.24. The van der Waals surface area contributed by atoms with Crippen LogP contribution in [0.5, 0.6) is 0 Å². The highest BCUT2D eigenvalue weighted by Gasteiger charge is 2.13. The van der Waals surface area contributed by atoms with E-state index >= 15 is 0 Å². The van der Waals surface area contributed by atoms with Gasteiger partial charge in [0.2, 0.25) is 0 Å². The second-order valence-corrected chi connectivity index (χ2v) is 4.45. The Balaban J connectivity index is 2.66. The summed E-state index contributed by atoms with van der Waals surface area (Å²) in [5, 5.41) is 9.07. The van der Waals surface area contributed by atoms with E-state index < -0.39 is 0 Å². The van der Waals surface area contributed by atoms with E-state index in [0.717, 1.165) is 23.9 Å². The van der Waals surface area contributed by atoms with Crippen molar-refractivity contribution in [3.63, 3.8) is 0 Å². The number of aromatic nitrogens is 3. The van der Waals surface area contributed by atoms with Crippen LogP contribution in [0.3, 0.4) is 0 Å². The standard InChI is InChI=1S/C10H20N4O2S/c1-4-5-14-8(6-11)12-13-10(14)17-7-9(15-2)16-3/h9H,4-7,11H2,1-3H3. The van der Waals surface area contributed by atoms with Gasteiger partial charge in [0.1, 0.15) is 5.82 Å². The molecule has 1 heterocycles. The van der Waals surface area contributed by atoms with Crippen molar-refractivity contribution in [1.82, 2.24) is 14.8 Å². The molecule has 1 aromatic heterocycles. The van der Waals surface area contributed by atoms with Crippen LogP contribution in [-0.4, -0.2) is 41.0 Å².